The van der Waals surface area contributed by atoms with E-state index in [1.54, 1.807) is 7.11 Å². The summed E-state index contributed by atoms with van der Waals surface area (Å²) >= 11 is 0. The van der Waals surface area contributed by atoms with Gasteiger partial charge in [-0.2, -0.15) is 0 Å². The Labute approximate surface area is 134 Å². The maximum Gasteiger partial charge on any atom is 0.118 e. The molecule has 0 radical (unpaired) electrons. The van der Waals surface area contributed by atoms with Gasteiger partial charge in [0, 0.05) is 25.5 Å². The normalized spacial score (nSPS) is 9.11. The lowest BCUT2D eigenvalue weighted by atomic mass is 10.2. The Morgan fingerprint density at radius 3 is 1.95 bits per heavy atom. The third-order valence-electron chi connectivity index (χ3n) is 2.57. The van der Waals surface area contributed by atoms with Gasteiger partial charge >= 0.3 is 0 Å². The molecule has 1 N–H and O–H groups in total. The van der Waals surface area contributed by atoms with Crippen molar-refractivity contribution in [2.75, 3.05) is 7.11 Å². The van der Waals surface area contributed by atoms with E-state index in [0.717, 1.165) is 18.8 Å². The fourth-order valence-corrected chi connectivity index (χ4v) is 1.60. The van der Waals surface area contributed by atoms with E-state index < -0.39 is 0 Å². The highest BCUT2D eigenvalue weighted by atomic mass is 79.9. The largest absolute Gasteiger partial charge is 0.497 e. The molecular formula is C14H18Br2N2O. The second-order valence-corrected chi connectivity index (χ2v) is 3.81. The standard InChI is InChI=1S/C14H16N2O.2BrH/c1-17-14-4-2-12(3-5-14)10-16-11-13-6-8-15-9-7-13;;/h2-9,16H,10-11H2,1H3;2*1H. The first-order valence-electron chi connectivity index (χ1n) is 5.61. The molecule has 0 saturated carbocycles. The molecule has 19 heavy (non-hydrogen) atoms. The highest BCUT2D eigenvalue weighted by molar-refractivity contribution is 8.93. The van der Waals surface area contributed by atoms with Gasteiger partial charge in [0.25, 0.3) is 0 Å². The topological polar surface area (TPSA) is 34.1 Å². The summed E-state index contributed by atoms with van der Waals surface area (Å²) in [5.41, 5.74) is 2.49. The predicted octanol–water partition coefficient (Wildman–Crippen LogP) is 3.54. The van der Waals surface area contributed by atoms with Crippen LogP contribution in [0.15, 0.2) is 48.8 Å². The quantitative estimate of drug-likeness (QED) is 0.849. The summed E-state index contributed by atoms with van der Waals surface area (Å²) in [4.78, 5) is 3.99. The van der Waals surface area contributed by atoms with Crippen LogP contribution in [0.2, 0.25) is 0 Å². The number of ether oxygens (including phenoxy) is 1. The van der Waals surface area contributed by atoms with Crippen molar-refractivity contribution in [2.45, 2.75) is 13.1 Å². The number of methoxy groups -OCH3 is 1. The third kappa shape index (κ3) is 6.18. The summed E-state index contributed by atoms with van der Waals surface area (Å²) in [6, 6.07) is 12.1. The number of nitrogens with zero attached hydrogens (tertiary/aromatic N) is 1. The third-order valence-corrected chi connectivity index (χ3v) is 2.57. The molecular weight excluding hydrogens is 372 g/mol. The first kappa shape index (κ1) is 18.1. The van der Waals surface area contributed by atoms with Gasteiger partial charge in [0.05, 0.1) is 7.11 Å². The highest BCUT2D eigenvalue weighted by Crippen LogP contribution is 2.11. The van der Waals surface area contributed by atoms with Gasteiger partial charge in [-0.25, -0.2) is 0 Å². The van der Waals surface area contributed by atoms with Gasteiger partial charge in [-0.1, -0.05) is 12.1 Å². The molecule has 1 aromatic heterocycles. The second-order valence-electron chi connectivity index (χ2n) is 3.81. The monoisotopic (exact) mass is 388 g/mol. The molecule has 0 unspecified atom stereocenters. The maximum atomic E-state index is 5.12. The van der Waals surface area contributed by atoms with Crippen LogP contribution >= 0.6 is 34.0 Å². The average molecular weight is 390 g/mol. The van der Waals surface area contributed by atoms with Crippen LogP contribution in [0, 0.1) is 0 Å². The van der Waals surface area contributed by atoms with Crippen LogP contribution in [0.3, 0.4) is 0 Å². The molecule has 2 aromatic rings. The zero-order chi connectivity index (χ0) is 11.9. The van der Waals surface area contributed by atoms with Crippen molar-refractivity contribution in [3.05, 3.63) is 59.9 Å². The lowest BCUT2D eigenvalue weighted by Gasteiger charge is -2.06. The van der Waals surface area contributed by atoms with Gasteiger partial charge in [-0.3, -0.25) is 4.98 Å². The van der Waals surface area contributed by atoms with Crippen LogP contribution in [-0.4, -0.2) is 12.1 Å². The Hall–Kier alpha value is -0.910. The lowest BCUT2D eigenvalue weighted by Crippen LogP contribution is -2.12. The number of halogens is 2. The van der Waals surface area contributed by atoms with Crippen LogP contribution in [0.4, 0.5) is 0 Å². The number of hydrogen-bond donors (Lipinski definition) is 1. The summed E-state index contributed by atoms with van der Waals surface area (Å²) < 4.78 is 5.12. The number of aromatic nitrogens is 1. The number of rotatable bonds is 5. The van der Waals surface area contributed by atoms with Gasteiger partial charge < -0.3 is 10.1 Å². The second kappa shape index (κ2) is 9.95. The average Bonchev–Trinajstić information content (AvgIpc) is 2.41. The molecule has 0 aliphatic carbocycles. The Kier molecular flexibility index (Phi) is 9.47. The lowest BCUT2D eigenvalue weighted by molar-refractivity contribution is 0.414. The summed E-state index contributed by atoms with van der Waals surface area (Å²) in [6.45, 7) is 1.71. The molecule has 1 heterocycles. The SMILES string of the molecule is Br.Br.COc1ccc(CNCc2ccncc2)cc1. The molecule has 0 fully saturated rings. The molecule has 2 rings (SSSR count). The molecule has 1 aromatic carbocycles. The van der Waals surface area contributed by atoms with E-state index in [1.807, 2.05) is 36.7 Å². The molecule has 0 amide bonds. The van der Waals surface area contributed by atoms with Crippen molar-refractivity contribution in [2.24, 2.45) is 0 Å². The Morgan fingerprint density at radius 2 is 1.42 bits per heavy atom. The van der Waals surface area contributed by atoms with Crippen molar-refractivity contribution in [1.29, 1.82) is 0 Å². The van der Waals surface area contributed by atoms with E-state index in [0.29, 0.717) is 0 Å². The van der Waals surface area contributed by atoms with Crippen molar-refractivity contribution in [3.63, 3.8) is 0 Å². The van der Waals surface area contributed by atoms with Crippen LogP contribution in [0.1, 0.15) is 11.1 Å². The molecule has 0 saturated heterocycles. The van der Waals surface area contributed by atoms with E-state index in [4.69, 9.17) is 4.74 Å². The summed E-state index contributed by atoms with van der Waals surface area (Å²) in [5.74, 6) is 0.892. The van der Waals surface area contributed by atoms with E-state index in [2.05, 4.69) is 22.4 Å². The maximum absolute atomic E-state index is 5.12. The Bertz CT molecular complexity index is 449. The summed E-state index contributed by atoms with van der Waals surface area (Å²) in [6.07, 6.45) is 3.62. The van der Waals surface area contributed by atoms with Gasteiger partial charge in [0.2, 0.25) is 0 Å². The molecule has 5 heteroatoms. The minimum atomic E-state index is 0. The van der Waals surface area contributed by atoms with Crippen LogP contribution in [0.5, 0.6) is 5.75 Å². The molecule has 0 aliphatic heterocycles. The zero-order valence-corrected chi connectivity index (χ0v) is 14.1. The predicted molar refractivity (Wildman–Crippen MR) is 88.4 cm³/mol. The van der Waals surface area contributed by atoms with Gasteiger partial charge in [-0.05, 0) is 35.4 Å². The van der Waals surface area contributed by atoms with E-state index in [9.17, 15) is 0 Å². The summed E-state index contributed by atoms with van der Waals surface area (Å²) in [7, 11) is 1.68. The van der Waals surface area contributed by atoms with Gasteiger partial charge in [-0.15, -0.1) is 34.0 Å². The molecule has 0 aliphatic rings. The molecule has 104 valence electrons. The Morgan fingerprint density at radius 1 is 0.895 bits per heavy atom. The fourth-order valence-electron chi connectivity index (χ4n) is 1.60. The Balaban J connectivity index is 0.00000162. The number of nitrogens with one attached hydrogen (secondary N) is 1. The molecule has 0 bridgehead atoms. The van der Waals surface area contributed by atoms with Crippen molar-refractivity contribution in [1.82, 2.24) is 10.3 Å². The van der Waals surface area contributed by atoms with E-state index >= 15 is 0 Å². The fraction of sp³-hybridized carbons (Fsp3) is 0.214. The van der Waals surface area contributed by atoms with Crippen molar-refractivity contribution in [3.8, 4) is 5.75 Å². The smallest absolute Gasteiger partial charge is 0.118 e. The minimum Gasteiger partial charge on any atom is -0.497 e. The van der Waals surface area contributed by atoms with E-state index in [-0.39, 0.29) is 34.0 Å². The zero-order valence-electron chi connectivity index (χ0n) is 10.7. The van der Waals surface area contributed by atoms with Crippen LogP contribution in [-0.2, 0) is 13.1 Å². The minimum absolute atomic E-state index is 0. The first-order chi connectivity index (χ1) is 8.38. The van der Waals surface area contributed by atoms with Gasteiger partial charge in [0.15, 0.2) is 0 Å². The van der Waals surface area contributed by atoms with Crippen molar-refractivity contribution >= 4 is 34.0 Å². The number of benzene rings is 1. The molecule has 0 atom stereocenters. The van der Waals surface area contributed by atoms with Crippen molar-refractivity contribution < 1.29 is 4.74 Å². The van der Waals surface area contributed by atoms with E-state index in [1.165, 1.54) is 11.1 Å². The van der Waals surface area contributed by atoms with Gasteiger partial charge in [0.1, 0.15) is 5.75 Å². The number of hydrogen-bond acceptors (Lipinski definition) is 3. The van der Waals surface area contributed by atoms with Crippen LogP contribution < -0.4 is 10.1 Å². The number of pyridine rings is 1. The summed E-state index contributed by atoms with van der Waals surface area (Å²) in [5, 5.41) is 3.39. The van der Waals surface area contributed by atoms with Crippen LogP contribution in [0.25, 0.3) is 0 Å². The first-order valence-corrected chi connectivity index (χ1v) is 5.61. The molecule has 3 nitrogen and oxygen atoms in total. The molecule has 0 spiro atoms. The highest BCUT2D eigenvalue weighted by Gasteiger charge is 1.95.